The van der Waals surface area contributed by atoms with E-state index in [2.05, 4.69) is 171 Å². The molecule has 0 aliphatic heterocycles. The van der Waals surface area contributed by atoms with Crippen molar-refractivity contribution in [3.63, 3.8) is 0 Å². The first-order valence-electron chi connectivity index (χ1n) is 18.4. The first-order chi connectivity index (χ1) is 26.4. The number of benzene rings is 6. The summed E-state index contributed by atoms with van der Waals surface area (Å²) < 4.78 is 11.0. The van der Waals surface area contributed by atoms with Gasteiger partial charge in [0.05, 0.1) is 22.4 Å². The lowest BCUT2D eigenvalue weighted by molar-refractivity contribution is 0.483. The van der Waals surface area contributed by atoms with Crippen LogP contribution in [0.5, 0.6) is 11.5 Å². The van der Waals surface area contributed by atoms with Crippen molar-refractivity contribution in [1.29, 1.82) is 0 Å². The molecule has 0 aliphatic rings. The Morgan fingerprint density at radius 2 is 1.22 bits per heavy atom. The molecule has 5 nitrogen and oxygen atoms in total. The Morgan fingerprint density at radius 1 is 0.519 bits per heavy atom. The van der Waals surface area contributed by atoms with Crippen LogP contribution in [0, 0.1) is 34.6 Å². The largest absolute Gasteiger partial charge is 0.457 e. The predicted octanol–water partition coefficient (Wildman–Crippen LogP) is 12.7. The molecule has 9 rings (SSSR count). The summed E-state index contributed by atoms with van der Waals surface area (Å²) in [5.41, 5.74) is 15.8. The van der Waals surface area contributed by atoms with Crippen LogP contribution in [0.3, 0.4) is 0 Å². The Morgan fingerprint density at radius 3 is 2.00 bits per heavy atom. The minimum absolute atomic E-state index is 0.721. The molecule has 6 aromatic carbocycles. The number of fused-ring (bicyclic) bond motifs is 3. The van der Waals surface area contributed by atoms with E-state index in [-0.39, 0.29) is 0 Å². The highest BCUT2D eigenvalue weighted by atomic mass is 16.5. The average molecular weight is 701 g/mol. The molecule has 0 saturated carbocycles. The summed E-state index contributed by atoms with van der Waals surface area (Å²) in [6.07, 6.45) is 1.87. The van der Waals surface area contributed by atoms with Gasteiger partial charge >= 0.3 is 0 Å². The van der Waals surface area contributed by atoms with Crippen LogP contribution < -0.4 is 4.74 Å². The highest BCUT2D eigenvalue weighted by Gasteiger charge is 2.26. The number of rotatable bonds is 7. The molecule has 3 heterocycles. The normalized spacial score (nSPS) is 11.4. The first-order valence-corrected chi connectivity index (χ1v) is 18.4. The number of hydrogen-bond acceptors (Lipinski definition) is 3. The number of aromatic nitrogens is 4. The second-order valence-electron chi connectivity index (χ2n) is 14.2. The smallest absolute Gasteiger partial charge is 0.137 e. The third-order valence-electron chi connectivity index (χ3n) is 10.7. The van der Waals surface area contributed by atoms with E-state index < -0.39 is 0 Å². The molecule has 0 radical (unpaired) electrons. The molecule has 0 bridgehead atoms. The minimum Gasteiger partial charge on any atom is -0.457 e. The summed E-state index contributed by atoms with van der Waals surface area (Å²) in [7, 11) is 0. The van der Waals surface area contributed by atoms with Gasteiger partial charge in [0.2, 0.25) is 0 Å². The molecular weight excluding hydrogens is 661 g/mol. The van der Waals surface area contributed by atoms with Gasteiger partial charge in [-0.3, -0.25) is 4.57 Å². The molecule has 0 spiro atoms. The van der Waals surface area contributed by atoms with E-state index in [1.807, 2.05) is 24.4 Å². The Bertz CT molecular complexity index is 2850. The maximum Gasteiger partial charge on any atom is 0.137 e. The highest BCUT2D eigenvalue weighted by Crippen LogP contribution is 2.45. The van der Waals surface area contributed by atoms with Crippen LogP contribution >= 0.6 is 0 Å². The first kappa shape index (κ1) is 33.1. The third-order valence-corrected chi connectivity index (χ3v) is 10.7. The van der Waals surface area contributed by atoms with Crippen LogP contribution in [0.25, 0.3) is 67.0 Å². The minimum atomic E-state index is 0.721. The van der Waals surface area contributed by atoms with E-state index in [1.165, 1.54) is 33.2 Å². The predicted molar refractivity (Wildman–Crippen MR) is 222 cm³/mol. The number of pyridine rings is 1. The molecule has 9 aromatic rings. The molecular formula is C49H40N4O. The zero-order valence-corrected chi connectivity index (χ0v) is 31.1. The Balaban J connectivity index is 1.22. The van der Waals surface area contributed by atoms with Crippen molar-refractivity contribution in [1.82, 2.24) is 19.3 Å². The molecule has 5 heteroatoms. The number of hydrogen-bond donors (Lipinski definition) is 0. The summed E-state index contributed by atoms with van der Waals surface area (Å²) in [6, 6.07) is 50.6. The highest BCUT2D eigenvalue weighted by molar-refractivity contribution is 6.09. The molecule has 262 valence electrons. The topological polar surface area (TPSA) is 44.9 Å². The van der Waals surface area contributed by atoms with Crippen molar-refractivity contribution in [3.05, 3.63) is 180 Å². The lowest BCUT2D eigenvalue weighted by Gasteiger charge is -2.18. The van der Waals surface area contributed by atoms with Gasteiger partial charge in [0.25, 0.3) is 0 Å². The lowest BCUT2D eigenvalue weighted by Crippen LogP contribution is -2.01. The summed E-state index contributed by atoms with van der Waals surface area (Å²) in [5, 5.41) is 7.78. The molecule has 0 aliphatic carbocycles. The maximum atomic E-state index is 6.70. The lowest BCUT2D eigenvalue weighted by atomic mass is 9.86. The fourth-order valence-electron chi connectivity index (χ4n) is 7.89. The van der Waals surface area contributed by atoms with Crippen LogP contribution in [0.2, 0.25) is 0 Å². The molecule has 0 N–H and O–H groups in total. The monoisotopic (exact) mass is 700 g/mol. The average Bonchev–Trinajstić information content (AvgIpc) is 3.74. The van der Waals surface area contributed by atoms with Crippen molar-refractivity contribution < 1.29 is 4.74 Å². The fourth-order valence-corrected chi connectivity index (χ4v) is 7.89. The molecule has 3 aromatic heterocycles. The van der Waals surface area contributed by atoms with E-state index in [0.717, 1.165) is 73.1 Å². The van der Waals surface area contributed by atoms with Crippen molar-refractivity contribution in [2.45, 2.75) is 34.6 Å². The van der Waals surface area contributed by atoms with Gasteiger partial charge in [-0.25, -0.2) is 9.67 Å². The van der Waals surface area contributed by atoms with Crippen molar-refractivity contribution >= 4 is 21.8 Å². The molecule has 54 heavy (non-hydrogen) atoms. The second kappa shape index (κ2) is 13.4. The number of ether oxygens (including phenoxy) is 1. The van der Waals surface area contributed by atoms with Gasteiger partial charge in [0.1, 0.15) is 23.0 Å². The SMILES string of the molecule is Cc1ccnc(-n2c3ccccc3c3ccc(Oc4cccc(-n5nc(-c6ccccc6)c(-c6c(C)cc(C)c(C)c6C)c5-c5ccccc5)c4)cc32)c1. The quantitative estimate of drug-likeness (QED) is 0.166. The number of para-hydroxylation sites is 1. The van der Waals surface area contributed by atoms with Gasteiger partial charge < -0.3 is 4.74 Å². The van der Waals surface area contributed by atoms with Crippen molar-refractivity contribution in [3.8, 4) is 56.6 Å². The molecule has 0 saturated heterocycles. The van der Waals surface area contributed by atoms with Gasteiger partial charge in [-0.2, -0.15) is 5.10 Å². The molecule has 0 atom stereocenters. The van der Waals surface area contributed by atoms with E-state index in [4.69, 9.17) is 14.8 Å². The summed E-state index contributed by atoms with van der Waals surface area (Å²) in [6.45, 7) is 11.0. The van der Waals surface area contributed by atoms with Crippen molar-refractivity contribution in [2.24, 2.45) is 0 Å². The van der Waals surface area contributed by atoms with E-state index in [0.29, 0.717) is 0 Å². The molecule has 0 fully saturated rings. The van der Waals surface area contributed by atoms with Crippen LogP contribution in [0.15, 0.2) is 152 Å². The summed E-state index contributed by atoms with van der Waals surface area (Å²) in [4.78, 5) is 4.76. The van der Waals surface area contributed by atoms with Crippen LogP contribution in [0.1, 0.15) is 27.8 Å². The molecule has 0 amide bonds. The van der Waals surface area contributed by atoms with E-state index >= 15 is 0 Å². The zero-order chi connectivity index (χ0) is 36.9. The van der Waals surface area contributed by atoms with Gasteiger partial charge in [-0.15, -0.1) is 0 Å². The summed E-state index contributed by atoms with van der Waals surface area (Å²) in [5.74, 6) is 2.35. The van der Waals surface area contributed by atoms with E-state index in [9.17, 15) is 0 Å². The zero-order valence-electron chi connectivity index (χ0n) is 31.1. The van der Waals surface area contributed by atoms with Gasteiger partial charge in [0.15, 0.2) is 0 Å². The van der Waals surface area contributed by atoms with Gasteiger partial charge in [0, 0.05) is 45.8 Å². The maximum absolute atomic E-state index is 6.70. The van der Waals surface area contributed by atoms with Gasteiger partial charge in [-0.05, 0) is 110 Å². The second-order valence-corrected chi connectivity index (χ2v) is 14.2. The Kier molecular flexibility index (Phi) is 8.20. The summed E-state index contributed by atoms with van der Waals surface area (Å²) >= 11 is 0. The standard InChI is InChI=1S/C49H40N4O/c1-31-25-26-50-45(27-31)52-43-22-13-12-21-41(43)42-24-23-40(30-44(42)52)54-39-20-14-19-38(29-39)53-49(37-17-10-7-11-18-37)47(48(51-53)36-15-8-6-9-16-36)46-33(3)28-32(2)34(4)35(46)5/h6-30H,1-5H3. The van der Waals surface area contributed by atoms with E-state index in [1.54, 1.807) is 0 Å². The fraction of sp³-hybridized carbons (Fsp3) is 0.102. The van der Waals surface area contributed by atoms with Crippen molar-refractivity contribution in [2.75, 3.05) is 0 Å². The van der Waals surface area contributed by atoms with Crippen LogP contribution in [0.4, 0.5) is 0 Å². The van der Waals surface area contributed by atoms with Crippen LogP contribution in [-0.4, -0.2) is 19.3 Å². The number of nitrogens with zero attached hydrogens (tertiary/aromatic N) is 4. The molecule has 0 unspecified atom stereocenters. The Hall–Kier alpha value is -6.72. The van der Waals surface area contributed by atoms with Crippen LogP contribution in [-0.2, 0) is 0 Å². The third kappa shape index (κ3) is 5.66. The van der Waals surface area contributed by atoms with Gasteiger partial charge in [-0.1, -0.05) is 91.0 Å². The Labute approximate surface area is 315 Å². The number of aryl methyl sites for hydroxylation is 3.